The van der Waals surface area contributed by atoms with E-state index in [0.29, 0.717) is 11.2 Å². The Labute approximate surface area is 140 Å². The summed E-state index contributed by atoms with van der Waals surface area (Å²) in [5, 5.41) is 4.06. The molecular weight excluding hydrogens is 362 g/mol. The van der Waals surface area contributed by atoms with Gasteiger partial charge in [-0.25, -0.2) is 4.98 Å². The van der Waals surface area contributed by atoms with E-state index in [-0.39, 0.29) is 11.6 Å². The van der Waals surface area contributed by atoms with Crippen LogP contribution in [0.4, 0.5) is 5.69 Å². The normalized spacial score (nSPS) is 12.5. The maximum absolute atomic E-state index is 12.3. The lowest BCUT2D eigenvalue weighted by molar-refractivity contribution is 0.792. The highest BCUT2D eigenvalue weighted by molar-refractivity contribution is 9.10. The third kappa shape index (κ3) is 2.80. The second kappa shape index (κ2) is 5.85. The summed E-state index contributed by atoms with van der Waals surface area (Å²) in [5.41, 5.74) is 1.94. The van der Waals surface area contributed by atoms with Crippen LogP contribution in [0.1, 0.15) is 29.2 Å². The highest BCUT2D eigenvalue weighted by Crippen LogP contribution is 2.27. The zero-order valence-electron chi connectivity index (χ0n) is 12.5. The number of anilines is 1. The molecule has 4 nitrogen and oxygen atoms in total. The Morgan fingerprint density at radius 2 is 1.95 bits per heavy atom. The van der Waals surface area contributed by atoms with E-state index in [2.05, 4.69) is 31.2 Å². The lowest BCUT2D eigenvalue weighted by Gasteiger charge is -2.14. The summed E-state index contributed by atoms with van der Waals surface area (Å²) in [4.78, 5) is 21.8. The number of rotatable bonds is 3. The number of H-pyrrole nitrogens is 1. The van der Waals surface area contributed by atoms with Crippen molar-refractivity contribution in [3.63, 3.8) is 0 Å². The van der Waals surface area contributed by atoms with Gasteiger partial charge in [-0.15, -0.1) is 11.3 Å². The summed E-state index contributed by atoms with van der Waals surface area (Å²) in [6, 6.07) is 7.83. The van der Waals surface area contributed by atoms with Crippen molar-refractivity contribution in [2.75, 3.05) is 5.32 Å². The van der Waals surface area contributed by atoms with E-state index < -0.39 is 0 Å². The fraction of sp³-hybridized carbons (Fsp3) is 0.250. The van der Waals surface area contributed by atoms with E-state index >= 15 is 0 Å². The number of nitrogens with one attached hydrogen (secondary N) is 2. The molecule has 2 aromatic heterocycles. The molecule has 3 aromatic rings. The predicted octanol–water partition coefficient (Wildman–Crippen LogP) is 4.54. The maximum Gasteiger partial charge on any atom is 0.259 e. The first-order valence-electron chi connectivity index (χ1n) is 6.97. The van der Waals surface area contributed by atoms with E-state index in [9.17, 15) is 4.79 Å². The first-order chi connectivity index (χ1) is 10.5. The molecule has 0 radical (unpaired) electrons. The van der Waals surface area contributed by atoms with Crippen LogP contribution in [0, 0.1) is 13.8 Å². The van der Waals surface area contributed by atoms with Gasteiger partial charge < -0.3 is 10.3 Å². The number of hydrogen-bond donors (Lipinski definition) is 2. The third-order valence-corrected chi connectivity index (χ3v) is 5.32. The van der Waals surface area contributed by atoms with Crippen molar-refractivity contribution >= 4 is 43.2 Å². The fourth-order valence-electron chi connectivity index (χ4n) is 2.34. The lowest BCUT2D eigenvalue weighted by atomic mass is 10.2. The van der Waals surface area contributed by atoms with Gasteiger partial charge in [0.1, 0.15) is 10.7 Å². The number of nitrogens with zero attached hydrogens (tertiary/aromatic N) is 1. The summed E-state index contributed by atoms with van der Waals surface area (Å²) >= 11 is 4.98. The van der Waals surface area contributed by atoms with Crippen molar-refractivity contribution < 1.29 is 0 Å². The highest BCUT2D eigenvalue weighted by atomic mass is 79.9. The molecule has 0 aliphatic rings. The van der Waals surface area contributed by atoms with Crippen molar-refractivity contribution in [3.05, 3.63) is 55.4 Å². The number of hydrogen-bond acceptors (Lipinski definition) is 4. The Bertz CT molecular complexity index is 883. The number of benzene rings is 1. The summed E-state index contributed by atoms with van der Waals surface area (Å²) in [5.74, 6) is 0.654. The lowest BCUT2D eigenvalue weighted by Crippen LogP contribution is -2.17. The Balaban J connectivity index is 1.95. The van der Waals surface area contributed by atoms with Gasteiger partial charge in [-0.3, -0.25) is 4.79 Å². The summed E-state index contributed by atoms with van der Waals surface area (Å²) in [6.07, 6.45) is 0. The summed E-state index contributed by atoms with van der Waals surface area (Å²) in [6.45, 7) is 5.97. The molecule has 2 N–H and O–H groups in total. The standard InChI is InChI=1S/C16H16BrN3OS/c1-8-10(3)22-16-13(8)15(21)19-14(20-16)9(2)18-12-6-4-11(17)5-7-12/h4-7,9,18H,1-3H3,(H,19,20,21)/t9-/m0/s1. The minimum Gasteiger partial charge on any atom is -0.375 e. The molecule has 3 rings (SSSR count). The predicted molar refractivity (Wildman–Crippen MR) is 95.9 cm³/mol. The number of halogens is 1. The average Bonchev–Trinajstić information content (AvgIpc) is 2.77. The average molecular weight is 378 g/mol. The van der Waals surface area contributed by atoms with E-state index in [0.717, 1.165) is 25.4 Å². The topological polar surface area (TPSA) is 57.8 Å². The molecule has 0 amide bonds. The molecule has 0 fully saturated rings. The van der Waals surface area contributed by atoms with Crippen LogP contribution in [0.3, 0.4) is 0 Å². The SMILES string of the molecule is Cc1sc2nc([C@H](C)Nc3ccc(Br)cc3)[nH]c(=O)c2c1C. The van der Waals surface area contributed by atoms with Gasteiger partial charge in [0, 0.05) is 15.0 Å². The van der Waals surface area contributed by atoms with Gasteiger partial charge in [-0.1, -0.05) is 15.9 Å². The largest absolute Gasteiger partial charge is 0.375 e. The van der Waals surface area contributed by atoms with Gasteiger partial charge in [0.05, 0.1) is 11.4 Å². The maximum atomic E-state index is 12.3. The van der Waals surface area contributed by atoms with E-state index in [1.165, 1.54) is 0 Å². The third-order valence-electron chi connectivity index (χ3n) is 3.69. The number of aromatic amines is 1. The Hall–Kier alpha value is -1.66. The molecule has 6 heteroatoms. The monoisotopic (exact) mass is 377 g/mol. The molecule has 0 aliphatic heterocycles. The molecular formula is C16H16BrN3OS. The number of thiophene rings is 1. The first-order valence-corrected chi connectivity index (χ1v) is 8.58. The minimum atomic E-state index is -0.0824. The van der Waals surface area contributed by atoms with E-state index in [1.807, 2.05) is 45.0 Å². The molecule has 0 bridgehead atoms. The van der Waals surface area contributed by atoms with Crippen molar-refractivity contribution in [1.82, 2.24) is 9.97 Å². The molecule has 0 spiro atoms. The molecule has 0 aliphatic carbocycles. The zero-order valence-corrected chi connectivity index (χ0v) is 14.9. The van der Waals surface area contributed by atoms with Crippen LogP contribution in [-0.4, -0.2) is 9.97 Å². The van der Waals surface area contributed by atoms with Gasteiger partial charge in [0.15, 0.2) is 0 Å². The van der Waals surface area contributed by atoms with Crippen molar-refractivity contribution in [1.29, 1.82) is 0 Å². The van der Waals surface area contributed by atoms with Gasteiger partial charge in [0.25, 0.3) is 5.56 Å². The van der Waals surface area contributed by atoms with Crippen LogP contribution >= 0.6 is 27.3 Å². The van der Waals surface area contributed by atoms with Gasteiger partial charge in [-0.2, -0.15) is 0 Å². The molecule has 0 saturated heterocycles. The van der Waals surface area contributed by atoms with Gasteiger partial charge in [-0.05, 0) is 50.6 Å². The zero-order chi connectivity index (χ0) is 15.9. The summed E-state index contributed by atoms with van der Waals surface area (Å²) in [7, 11) is 0. The number of aromatic nitrogens is 2. The smallest absolute Gasteiger partial charge is 0.259 e. The van der Waals surface area contributed by atoms with Crippen LogP contribution in [0.2, 0.25) is 0 Å². The minimum absolute atomic E-state index is 0.0636. The second-order valence-electron chi connectivity index (χ2n) is 5.29. The van der Waals surface area contributed by atoms with E-state index in [4.69, 9.17) is 0 Å². The molecule has 1 aromatic carbocycles. The Morgan fingerprint density at radius 1 is 1.27 bits per heavy atom. The molecule has 0 saturated carbocycles. The summed E-state index contributed by atoms with van der Waals surface area (Å²) < 4.78 is 1.03. The molecule has 2 heterocycles. The Kier molecular flexibility index (Phi) is 4.06. The fourth-order valence-corrected chi connectivity index (χ4v) is 3.64. The quantitative estimate of drug-likeness (QED) is 0.704. The van der Waals surface area contributed by atoms with Crippen molar-refractivity contribution in [3.8, 4) is 0 Å². The van der Waals surface area contributed by atoms with Crippen LogP contribution in [0.5, 0.6) is 0 Å². The highest BCUT2D eigenvalue weighted by Gasteiger charge is 2.15. The number of fused-ring (bicyclic) bond motifs is 1. The molecule has 114 valence electrons. The van der Waals surface area contributed by atoms with Crippen LogP contribution in [0.25, 0.3) is 10.2 Å². The van der Waals surface area contributed by atoms with E-state index in [1.54, 1.807) is 11.3 Å². The van der Waals surface area contributed by atoms with Gasteiger partial charge in [0.2, 0.25) is 0 Å². The Morgan fingerprint density at radius 3 is 2.64 bits per heavy atom. The molecule has 1 atom stereocenters. The van der Waals surface area contributed by atoms with Gasteiger partial charge >= 0.3 is 0 Å². The van der Waals surface area contributed by atoms with Crippen molar-refractivity contribution in [2.24, 2.45) is 0 Å². The molecule has 22 heavy (non-hydrogen) atoms. The van der Waals surface area contributed by atoms with Crippen LogP contribution in [0.15, 0.2) is 33.5 Å². The van der Waals surface area contributed by atoms with Crippen LogP contribution in [-0.2, 0) is 0 Å². The van der Waals surface area contributed by atoms with Crippen LogP contribution < -0.4 is 10.9 Å². The second-order valence-corrected chi connectivity index (χ2v) is 7.41. The number of aryl methyl sites for hydroxylation is 2. The first kappa shape index (κ1) is 15.2. The van der Waals surface area contributed by atoms with Crippen molar-refractivity contribution in [2.45, 2.75) is 26.8 Å². The molecule has 0 unspecified atom stereocenters.